The maximum absolute atomic E-state index is 4.34. The Morgan fingerprint density at radius 3 is 3.28 bits per heavy atom. The third-order valence-electron chi connectivity index (χ3n) is 3.42. The van der Waals surface area contributed by atoms with Gasteiger partial charge in [-0.3, -0.25) is 4.68 Å². The number of rotatable bonds is 2. The van der Waals surface area contributed by atoms with Crippen LogP contribution in [0, 0.1) is 0 Å². The van der Waals surface area contributed by atoms with Gasteiger partial charge in [0.1, 0.15) is 12.1 Å². The molecule has 2 aromatic heterocycles. The first-order valence-electron chi connectivity index (χ1n) is 6.44. The predicted octanol–water partition coefficient (Wildman–Crippen LogP) is 0.917. The van der Waals surface area contributed by atoms with Crippen molar-refractivity contribution in [2.75, 3.05) is 18.4 Å². The molecular formula is C12H18N6. The molecule has 2 N–H and O–H groups in total. The summed E-state index contributed by atoms with van der Waals surface area (Å²) in [5.74, 6) is 0.891. The minimum Gasteiger partial charge on any atom is -0.365 e. The molecule has 1 aliphatic heterocycles. The Kier molecular flexibility index (Phi) is 3.10. The number of anilines is 1. The zero-order chi connectivity index (χ0) is 12.4. The van der Waals surface area contributed by atoms with Crippen molar-refractivity contribution >= 4 is 16.9 Å². The summed E-state index contributed by atoms with van der Waals surface area (Å²) < 4.78 is 1.77. The lowest BCUT2D eigenvalue weighted by Crippen LogP contribution is -2.31. The van der Waals surface area contributed by atoms with Gasteiger partial charge < -0.3 is 10.6 Å². The first-order valence-corrected chi connectivity index (χ1v) is 6.44. The van der Waals surface area contributed by atoms with Crippen LogP contribution in [-0.4, -0.2) is 38.9 Å². The fourth-order valence-electron chi connectivity index (χ4n) is 2.41. The predicted molar refractivity (Wildman–Crippen MR) is 70.4 cm³/mol. The molecule has 3 rings (SSSR count). The van der Waals surface area contributed by atoms with E-state index < -0.39 is 0 Å². The Bertz CT molecular complexity index is 526. The van der Waals surface area contributed by atoms with Crippen molar-refractivity contribution < 1.29 is 0 Å². The third-order valence-corrected chi connectivity index (χ3v) is 3.42. The van der Waals surface area contributed by atoms with E-state index >= 15 is 0 Å². The molecule has 0 bridgehead atoms. The highest BCUT2D eigenvalue weighted by molar-refractivity contribution is 5.86. The first kappa shape index (κ1) is 11.4. The summed E-state index contributed by atoms with van der Waals surface area (Å²) in [6, 6.07) is 0.436. The normalized spacial score (nSPS) is 20.8. The van der Waals surface area contributed by atoms with Gasteiger partial charge in [-0.05, 0) is 19.4 Å². The molecule has 6 nitrogen and oxygen atoms in total. The number of nitrogens with zero attached hydrogens (tertiary/aromatic N) is 4. The zero-order valence-corrected chi connectivity index (χ0v) is 10.6. The molecular weight excluding hydrogens is 228 g/mol. The van der Waals surface area contributed by atoms with Gasteiger partial charge in [-0.1, -0.05) is 6.42 Å². The Morgan fingerprint density at radius 2 is 2.33 bits per heavy atom. The lowest BCUT2D eigenvalue weighted by atomic mass is 10.1. The van der Waals surface area contributed by atoms with Crippen LogP contribution in [0.4, 0.5) is 5.82 Å². The number of aromatic nitrogens is 4. The standard InChI is InChI=1S/C12H18N6/c1-18-12-10(7-16-18)11(14-8-15-12)17-9-4-2-3-5-13-6-9/h7-9,13H,2-6H2,1H3,(H,14,15,17). The van der Waals surface area contributed by atoms with E-state index in [1.165, 1.54) is 19.3 Å². The van der Waals surface area contributed by atoms with Crippen molar-refractivity contribution in [1.29, 1.82) is 0 Å². The molecule has 2 aromatic rings. The van der Waals surface area contributed by atoms with Gasteiger partial charge in [0.2, 0.25) is 0 Å². The van der Waals surface area contributed by atoms with Gasteiger partial charge in [0.05, 0.1) is 11.6 Å². The van der Waals surface area contributed by atoms with Crippen LogP contribution in [-0.2, 0) is 7.05 Å². The number of aryl methyl sites for hydroxylation is 1. The van der Waals surface area contributed by atoms with Crippen LogP contribution in [0.5, 0.6) is 0 Å². The molecule has 0 radical (unpaired) electrons. The van der Waals surface area contributed by atoms with Crippen LogP contribution in [0.15, 0.2) is 12.5 Å². The van der Waals surface area contributed by atoms with E-state index in [4.69, 9.17) is 0 Å². The second kappa shape index (κ2) is 4.89. The van der Waals surface area contributed by atoms with E-state index in [1.807, 2.05) is 13.2 Å². The van der Waals surface area contributed by atoms with Crippen LogP contribution in [0.3, 0.4) is 0 Å². The Morgan fingerprint density at radius 1 is 1.39 bits per heavy atom. The average Bonchev–Trinajstić information content (AvgIpc) is 2.62. The Hall–Kier alpha value is -1.69. The molecule has 0 aliphatic carbocycles. The van der Waals surface area contributed by atoms with E-state index in [9.17, 15) is 0 Å². The van der Waals surface area contributed by atoms with Crippen LogP contribution in [0.2, 0.25) is 0 Å². The van der Waals surface area contributed by atoms with E-state index in [2.05, 4.69) is 25.7 Å². The van der Waals surface area contributed by atoms with Crippen molar-refractivity contribution in [3.05, 3.63) is 12.5 Å². The SMILES string of the molecule is Cn1ncc2c(NC3CCCCNC3)ncnc21. The van der Waals surface area contributed by atoms with E-state index in [-0.39, 0.29) is 0 Å². The molecule has 0 aromatic carbocycles. The molecule has 6 heteroatoms. The van der Waals surface area contributed by atoms with Crippen molar-refractivity contribution in [3.63, 3.8) is 0 Å². The molecule has 1 saturated heterocycles. The van der Waals surface area contributed by atoms with E-state index in [0.29, 0.717) is 6.04 Å². The zero-order valence-electron chi connectivity index (χ0n) is 10.6. The molecule has 1 atom stereocenters. The molecule has 1 aliphatic rings. The molecule has 1 unspecified atom stereocenters. The molecule has 96 valence electrons. The monoisotopic (exact) mass is 246 g/mol. The number of fused-ring (bicyclic) bond motifs is 1. The molecule has 0 spiro atoms. The molecule has 3 heterocycles. The van der Waals surface area contributed by atoms with Crippen LogP contribution in [0.25, 0.3) is 11.0 Å². The lowest BCUT2D eigenvalue weighted by molar-refractivity contribution is 0.634. The largest absolute Gasteiger partial charge is 0.365 e. The van der Waals surface area contributed by atoms with Gasteiger partial charge in [-0.25, -0.2) is 9.97 Å². The summed E-state index contributed by atoms with van der Waals surface area (Å²) in [5.41, 5.74) is 0.870. The smallest absolute Gasteiger partial charge is 0.163 e. The van der Waals surface area contributed by atoms with Crippen molar-refractivity contribution in [1.82, 2.24) is 25.1 Å². The highest BCUT2D eigenvalue weighted by Crippen LogP contribution is 2.19. The number of nitrogens with one attached hydrogen (secondary N) is 2. The average molecular weight is 246 g/mol. The van der Waals surface area contributed by atoms with Crippen LogP contribution in [0.1, 0.15) is 19.3 Å². The summed E-state index contributed by atoms with van der Waals surface area (Å²) in [4.78, 5) is 8.59. The fourth-order valence-corrected chi connectivity index (χ4v) is 2.41. The first-order chi connectivity index (χ1) is 8.84. The van der Waals surface area contributed by atoms with Gasteiger partial charge in [0.15, 0.2) is 5.65 Å². The third kappa shape index (κ3) is 2.15. The maximum Gasteiger partial charge on any atom is 0.163 e. The summed E-state index contributed by atoms with van der Waals surface area (Å²) in [6.07, 6.45) is 7.10. The fraction of sp³-hybridized carbons (Fsp3) is 0.583. The van der Waals surface area contributed by atoms with Gasteiger partial charge in [0, 0.05) is 19.6 Å². The number of hydrogen-bond acceptors (Lipinski definition) is 5. The van der Waals surface area contributed by atoms with E-state index in [0.717, 1.165) is 29.9 Å². The van der Waals surface area contributed by atoms with Crippen molar-refractivity contribution in [2.24, 2.45) is 7.05 Å². The topological polar surface area (TPSA) is 67.7 Å². The minimum absolute atomic E-state index is 0.436. The summed E-state index contributed by atoms with van der Waals surface area (Å²) >= 11 is 0. The second-order valence-corrected chi connectivity index (χ2v) is 4.77. The quantitative estimate of drug-likeness (QED) is 0.824. The highest BCUT2D eigenvalue weighted by atomic mass is 15.3. The Labute approximate surface area is 106 Å². The minimum atomic E-state index is 0.436. The van der Waals surface area contributed by atoms with E-state index in [1.54, 1.807) is 11.0 Å². The molecule has 0 amide bonds. The highest BCUT2D eigenvalue weighted by Gasteiger charge is 2.14. The van der Waals surface area contributed by atoms with Gasteiger partial charge in [0.25, 0.3) is 0 Å². The summed E-state index contributed by atoms with van der Waals surface area (Å²) in [6.45, 7) is 2.11. The van der Waals surface area contributed by atoms with Crippen molar-refractivity contribution in [2.45, 2.75) is 25.3 Å². The maximum atomic E-state index is 4.34. The molecule has 18 heavy (non-hydrogen) atoms. The molecule has 1 fully saturated rings. The van der Waals surface area contributed by atoms with Gasteiger partial charge >= 0.3 is 0 Å². The summed E-state index contributed by atoms with van der Waals surface area (Å²) in [7, 11) is 1.90. The lowest BCUT2D eigenvalue weighted by Gasteiger charge is -2.17. The molecule has 0 saturated carbocycles. The van der Waals surface area contributed by atoms with Crippen LogP contribution >= 0.6 is 0 Å². The van der Waals surface area contributed by atoms with Crippen LogP contribution < -0.4 is 10.6 Å². The van der Waals surface area contributed by atoms with Crippen molar-refractivity contribution in [3.8, 4) is 0 Å². The summed E-state index contributed by atoms with van der Waals surface area (Å²) in [5, 5.41) is 12.2. The second-order valence-electron chi connectivity index (χ2n) is 4.77. The van der Waals surface area contributed by atoms with Gasteiger partial charge in [-0.2, -0.15) is 5.10 Å². The Balaban J connectivity index is 1.85. The number of hydrogen-bond donors (Lipinski definition) is 2. The van der Waals surface area contributed by atoms with Gasteiger partial charge in [-0.15, -0.1) is 0 Å².